The summed E-state index contributed by atoms with van der Waals surface area (Å²) in [6.45, 7) is 6.13. The summed E-state index contributed by atoms with van der Waals surface area (Å²) in [5, 5.41) is 3.00. The van der Waals surface area contributed by atoms with Crippen molar-refractivity contribution >= 4 is 23.2 Å². The first-order valence-corrected chi connectivity index (χ1v) is 8.32. The van der Waals surface area contributed by atoms with E-state index in [4.69, 9.17) is 4.74 Å². The van der Waals surface area contributed by atoms with Crippen LogP contribution < -0.4 is 5.32 Å². The molecule has 1 aliphatic carbocycles. The maximum Gasteiger partial charge on any atom is 0.348 e. The van der Waals surface area contributed by atoms with E-state index in [1.165, 1.54) is 17.8 Å². The van der Waals surface area contributed by atoms with Gasteiger partial charge in [-0.1, -0.05) is 26.7 Å². The first-order chi connectivity index (χ1) is 9.97. The topological polar surface area (TPSA) is 55.4 Å². The number of aryl methyl sites for hydroxylation is 1. The molecular weight excluding hydrogens is 286 g/mol. The maximum absolute atomic E-state index is 11.9. The third-order valence-electron chi connectivity index (χ3n) is 4.33. The molecule has 0 saturated heterocycles. The van der Waals surface area contributed by atoms with Crippen LogP contribution in [0.1, 0.15) is 47.7 Å². The van der Waals surface area contributed by atoms with Crippen LogP contribution in [0.15, 0.2) is 12.1 Å². The summed E-state index contributed by atoms with van der Waals surface area (Å²) in [4.78, 5) is 25.3. The van der Waals surface area contributed by atoms with Crippen molar-refractivity contribution in [3.8, 4) is 0 Å². The highest BCUT2D eigenvalue weighted by molar-refractivity contribution is 7.13. The molecule has 5 heteroatoms. The smallest absolute Gasteiger partial charge is 0.348 e. The van der Waals surface area contributed by atoms with Gasteiger partial charge in [-0.05, 0) is 37.3 Å². The van der Waals surface area contributed by atoms with Crippen molar-refractivity contribution in [1.29, 1.82) is 0 Å². The van der Waals surface area contributed by atoms with Gasteiger partial charge in [0.2, 0.25) is 0 Å². The Balaban J connectivity index is 1.78. The summed E-state index contributed by atoms with van der Waals surface area (Å²) in [5.74, 6) is 0.468. The highest BCUT2D eigenvalue weighted by Crippen LogP contribution is 2.29. The highest BCUT2D eigenvalue weighted by atomic mass is 32.1. The second kappa shape index (κ2) is 7.07. The Morgan fingerprint density at radius 3 is 2.76 bits per heavy atom. The number of hydrogen-bond donors (Lipinski definition) is 1. The summed E-state index contributed by atoms with van der Waals surface area (Å²) in [5.41, 5.74) is 0. The summed E-state index contributed by atoms with van der Waals surface area (Å²) >= 11 is 1.38. The van der Waals surface area contributed by atoms with Crippen LogP contribution in [0, 0.1) is 18.8 Å². The van der Waals surface area contributed by atoms with Crippen molar-refractivity contribution in [2.45, 2.75) is 46.1 Å². The van der Waals surface area contributed by atoms with E-state index in [0.29, 0.717) is 16.7 Å². The lowest BCUT2D eigenvalue weighted by molar-refractivity contribution is -0.125. The van der Waals surface area contributed by atoms with E-state index in [0.717, 1.165) is 17.7 Å². The molecule has 1 N–H and O–H groups in total. The van der Waals surface area contributed by atoms with Crippen molar-refractivity contribution < 1.29 is 14.3 Å². The minimum atomic E-state index is -0.423. The van der Waals surface area contributed by atoms with E-state index in [9.17, 15) is 9.59 Å². The van der Waals surface area contributed by atoms with Crippen molar-refractivity contribution in [2.75, 3.05) is 6.61 Å². The van der Waals surface area contributed by atoms with Gasteiger partial charge < -0.3 is 10.1 Å². The van der Waals surface area contributed by atoms with E-state index < -0.39 is 5.97 Å². The molecule has 3 atom stereocenters. The maximum atomic E-state index is 11.9. The third-order valence-corrected chi connectivity index (χ3v) is 5.31. The molecule has 1 aromatic heterocycles. The molecule has 0 aromatic carbocycles. The number of rotatable bonds is 4. The molecule has 1 fully saturated rings. The number of amides is 1. The minimum absolute atomic E-state index is 0.198. The van der Waals surface area contributed by atoms with Crippen molar-refractivity contribution in [3.63, 3.8) is 0 Å². The van der Waals surface area contributed by atoms with Crippen molar-refractivity contribution in [2.24, 2.45) is 11.8 Å². The lowest BCUT2D eigenvalue weighted by atomic mass is 9.78. The monoisotopic (exact) mass is 309 g/mol. The molecule has 1 saturated carbocycles. The van der Waals surface area contributed by atoms with Gasteiger partial charge in [0.15, 0.2) is 6.61 Å². The van der Waals surface area contributed by atoms with Crippen molar-refractivity contribution in [1.82, 2.24) is 5.32 Å². The molecule has 1 aliphatic rings. The predicted molar refractivity (Wildman–Crippen MR) is 83.4 cm³/mol. The number of carbonyl (C=O) groups is 2. The first-order valence-electron chi connectivity index (χ1n) is 7.50. The first kappa shape index (κ1) is 16.0. The summed E-state index contributed by atoms with van der Waals surface area (Å²) < 4.78 is 5.07. The summed E-state index contributed by atoms with van der Waals surface area (Å²) in [7, 11) is 0. The SMILES string of the molecule is Cc1ccc(C(=O)OCC(=O)N[C@H]2CCC[C@H](C)[C@H]2C)s1. The Bertz CT molecular complexity index is 511. The van der Waals surface area contributed by atoms with Crippen LogP contribution in [0.2, 0.25) is 0 Å². The van der Waals surface area contributed by atoms with Gasteiger partial charge in [-0.15, -0.1) is 11.3 Å². The fourth-order valence-corrected chi connectivity index (χ4v) is 3.54. The molecule has 4 nitrogen and oxygen atoms in total. The van der Waals surface area contributed by atoms with E-state index in [1.54, 1.807) is 6.07 Å². The minimum Gasteiger partial charge on any atom is -0.451 e. The van der Waals surface area contributed by atoms with Crippen LogP contribution in [0.4, 0.5) is 0 Å². The molecule has 0 radical (unpaired) electrons. The van der Waals surface area contributed by atoms with Crippen LogP contribution in [-0.2, 0) is 9.53 Å². The number of nitrogens with one attached hydrogen (secondary N) is 1. The molecule has 21 heavy (non-hydrogen) atoms. The van der Waals surface area contributed by atoms with E-state index >= 15 is 0 Å². The van der Waals surface area contributed by atoms with Crippen LogP contribution in [0.3, 0.4) is 0 Å². The fraction of sp³-hybridized carbons (Fsp3) is 0.625. The molecule has 1 amide bonds. The van der Waals surface area contributed by atoms with Gasteiger partial charge in [0.05, 0.1) is 0 Å². The molecule has 0 unspecified atom stereocenters. The number of thiophene rings is 1. The summed E-state index contributed by atoms with van der Waals surface area (Å²) in [6, 6.07) is 3.79. The Morgan fingerprint density at radius 1 is 1.33 bits per heavy atom. The lowest BCUT2D eigenvalue weighted by Gasteiger charge is -2.34. The fourth-order valence-electron chi connectivity index (χ4n) is 2.78. The van der Waals surface area contributed by atoms with Crippen LogP contribution in [0.5, 0.6) is 0 Å². The van der Waals surface area contributed by atoms with Gasteiger partial charge in [0.25, 0.3) is 5.91 Å². The zero-order chi connectivity index (χ0) is 15.4. The molecule has 0 spiro atoms. The zero-order valence-corrected chi connectivity index (χ0v) is 13.7. The number of hydrogen-bond acceptors (Lipinski definition) is 4. The summed E-state index contributed by atoms with van der Waals surface area (Å²) in [6.07, 6.45) is 3.38. The quantitative estimate of drug-likeness (QED) is 0.869. The molecule has 0 bridgehead atoms. The Morgan fingerprint density at radius 2 is 2.10 bits per heavy atom. The van der Waals surface area contributed by atoms with E-state index in [2.05, 4.69) is 19.2 Å². The molecule has 2 rings (SSSR count). The standard InChI is InChI=1S/C16H23NO3S/c1-10-5-4-6-13(12(10)3)17-15(18)9-20-16(19)14-8-7-11(2)21-14/h7-8,10,12-13H,4-6,9H2,1-3H3,(H,17,18)/t10-,12+,13-/m0/s1. The van der Waals surface area contributed by atoms with Crippen LogP contribution >= 0.6 is 11.3 Å². The number of ether oxygens (including phenoxy) is 1. The second-order valence-corrected chi connectivity index (χ2v) is 7.22. The normalized spacial score (nSPS) is 25.4. The Hall–Kier alpha value is -1.36. The average molecular weight is 309 g/mol. The Kier molecular flexibility index (Phi) is 5.39. The van der Waals surface area contributed by atoms with Gasteiger partial charge in [-0.2, -0.15) is 0 Å². The van der Waals surface area contributed by atoms with Crippen LogP contribution in [0.25, 0.3) is 0 Å². The van der Waals surface area contributed by atoms with Gasteiger partial charge >= 0.3 is 5.97 Å². The van der Waals surface area contributed by atoms with E-state index in [1.807, 2.05) is 13.0 Å². The predicted octanol–water partition coefficient (Wildman–Crippen LogP) is 3.15. The largest absolute Gasteiger partial charge is 0.451 e. The lowest BCUT2D eigenvalue weighted by Crippen LogP contribution is -2.45. The molecular formula is C16H23NO3S. The van der Waals surface area contributed by atoms with Gasteiger partial charge in [-0.25, -0.2) is 4.79 Å². The Labute approximate surface area is 129 Å². The highest BCUT2D eigenvalue weighted by Gasteiger charge is 2.28. The third kappa shape index (κ3) is 4.30. The van der Waals surface area contributed by atoms with E-state index in [-0.39, 0.29) is 18.6 Å². The zero-order valence-electron chi connectivity index (χ0n) is 12.8. The van der Waals surface area contributed by atoms with Crippen molar-refractivity contribution in [3.05, 3.63) is 21.9 Å². The number of esters is 1. The molecule has 0 aliphatic heterocycles. The molecule has 1 heterocycles. The van der Waals surface area contributed by atoms with Gasteiger partial charge in [-0.3, -0.25) is 4.79 Å². The average Bonchev–Trinajstić information content (AvgIpc) is 2.88. The number of carbonyl (C=O) groups excluding carboxylic acids is 2. The second-order valence-electron chi connectivity index (χ2n) is 5.93. The van der Waals surface area contributed by atoms with Gasteiger partial charge in [0.1, 0.15) is 4.88 Å². The van der Waals surface area contributed by atoms with Gasteiger partial charge in [0, 0.05) is 10.9 Å². The molecule has 1 aromatic rings. The molecule has 116 valence electrons. The van der Waals surface area contributed by atoms with Crippen LogP contribution in [-0.4, -0.2) is 24.5 Å².